The number of aromatic nitrogens is 3. The van der Waals surface area contributed by atoms with E-state index in [4.69, 9.17) is 16.6 Å². The fourth-order valence-corrected chi connectivity index (χ4v) is 3.32. The second-order valence-electron chi connectivity index (χ2n) is 4.95. The van der Waals surface area contributed by atoms with Crippen LogP contribution in [0.15, 0.2) is 70.4 Å². The van der Waals surface area contributed by atoms with Crippen molar-refractivity contribution in [1.82, 2.24) is 14.9 Å². The Morgan fingerprint density at radius 1 is 1.12 bits per heavy atom. The maximum Gasteiger partial charge on any atom is 0.219 e. The first-order valence-corrected chi connectivity index (χ1v) is 8.44. The number of furan rings is 1. The molecule has 0 bridgehead atoms. The first-order chi connectivity index (χ1) is 11.8. The van der Waals surface area contributed by atoms with Gasteiger partial charge in [-0.1, -0.05) is 30.3 Å². The number of benzene rings is 1. The van der Waals surface area contributed by atoms with Crippen LogP contribution < -0.4 is 0 Å². The highest BCUT2D eigenvalue weighted by atomic mass is 32.1. The van der Waals surface area contributed by atoms with Gasteiger partial charge in [-0.2, -0.15) is 9.78 Å². The van der Waals surface area contributed by atoms with Crippen molar-refractivity contribution < 1.29 is 4.42 Å². The number of nitrogens with zero attached hydrogens (tertiary/aromatic N) is 3. The summed E-state index contributed by atoms with van der Waals surface area (Å²) in [7, 11) is 0. The van der Waals surface area contributed by atoms with Gasteiger partial charge in [0, 0.05) is 9.75 Å². The van der Waals surface area contributed by atoms with E-state index in [0.29, 0.717) is 16.4 Å². The third-order valence-electron chi connectivity index (χ3n) is 3.38. The van der Waals surface area contributed by atoms with Gasteiger partial charge in [-0.25, -0.2) is 5.10 Å². The molecule has 3 aromatic heterocycles. The smallest absolute Gasteiger partial charge is 0.219 e. The molecule has 0 aliphatic carbocycles. The highest BCUT2D eigenvalue weighted by Gasteiger charge is 2.10. The Hall–Kier alpha value is -2.77. The Labute approximate surface area is 146 Å². The standard InChI is InChI=1S/C17H12N4OS2/c23-17-20-19-16(14-7-4-10-22-14)21(17)18-11-13-8-9-15(24-13)12-5-2-1-3-6-12/h1-11H,(H,20,23)/b18-11-. The predicted molar refractivity (Wildman–Crippen MR) is 97.9 cm³/mol. The summed E-state index contributed by atoms with van der Waals surface area (Å²) in [6.45, 7) is 0. The number of nitrogens with one attached hydrogen (secondary N) is 1. The van der Waals surface area contributed by atoms with Gasteiger partial charge in [0.25, 0.3) is 0 Å². The van der Waals surface area contributed by atoms with Gasteiger partial charge in [0.2, 0.25) is 10.6 Å². The third-order valence-corrected chi connectivity index (χ3v) is 4.71. The van der Waals surface area contributed by atoms with Gasteiger partial charge in [0.1, 0.15) is 0 Å². The number of aromatic amines is 1. The molecule has 0 radical (unpaired) electrons. The van der Waals surface area contributed by atoms with Gasteiger partial charge in [-0.15, -0.1) is 16.4 Å². The minimum absolute atomic E-state index is 0.414. The van der Waals surface area contributed by atoms with Gasteiger partial charge in [-0.3, -0.25) is 0 Å². The Balaban J connectivity index is 1.64. The van der Waals surface area contributed by atoms with Crippen molar-refractivity contribution in [3.63, 3.8) is 0 Å². The largest absolute Gasteiger partial charge is 0.461 e. The fourth-order valence-electron chi connectivity index (χ4n) is 2.26. The minimum Gasteiger partial charge on any atom is -0.461 e. The first-order valence-electron chi connectivity index (χ1n) is 7.22. The van der Waals surface area contributed by atoms with Gasteiger partial charge < -0.3 is 4.42 Å². The van der Waals surface area contributed by atoms with Crippen molar-refractivity contribution in [3.8, 4) is 22.0 Å². The summed E-state index contributed by atoms with van der Waals surface area (Å²) in [5.74, 6) is 1.15. The summed E-state index contributed by atoms with van der Waals surface area (Å²) in [5, 5.41) is 11.3. The van der Waals surface area contributed by atoms with Crippen LogP contribution in [0.4, 0.5) is 0 Å². The van der Waals surface area contributed by atoms with E-state index in [1.165, 1.54) is 10.4 Å². The normalized spacial score (nSPS) is 11.3. The molecule has 0 aliphatic rings. The van der Waals surface area contributed by atoms with Crippen molar-refractivity contribution in [2.24, 2.45) is 5.10 Å². The van der Waals surface area contributed by atoms with Gasteiger partial charge >= 0.3 is 0 Å². The van der Waals surface area contributed by atoms with Gasteiger partial charge in [-0.05, 0) is 42.0 Å². The van der Waals surface area contributed by atoms with Crippen LogP contribution in [-0.4, -0.2) is 21.1 Å². The van der Waals surface area contributed by atoms with Crippen LogP contribution in [0.25, 0.3) is 22.0 Å². The van der Waals surface area contributed by atoms with Crippen molar-refractivity contribution in [2.45, 2.75) is 0 Å². The molecule has 0 fully saturated rings. The molecular formula is C17H12N4OS2. The lowest BCUT2D eigenvalue weighted by molar-refractivity contribution is 0.573. The molecule has 3 heterocycles. The highest BCUT2D eigenvalue weighted by Crippen LogP contribution is 2.27. The molecule has 5 nitrogen and oxygen atoms in total. The molecule has 7 heteroatoms. The molecule has 0 saturated carbocycles. The number of hydrogen-bond donors (Lipinski definition) is 1. The van der Waals surface area contributed by atoms with E-state index in [2.05, 4.69) is 33.5 Å². The van der Waals surface area contributed by atoms with Gasteiger partial charge in [0.05, 0.1) is 12.5 Å². The van der Waals surface area contributed by atoms with Crippen LogP contribution in [0.5, 0.6) is 0 Å². The average molecular weight is 352 g/mol. The lowest BCUT2D eigenvalue weighted by atomic mass is 10.2. The Morgan fingerprint density at radius 3 is 2.79 bits per heavy atom. The minimum atomic E-state index is 0.414. The molecule has 1 N–H and O–H groups in total. The summed E-state index contributed by atoms with van der Waals surface area (Å²) in [4.78, 5) is 2.22. The summed E-state index contributed by atoms with van der Waals surface area (Å²) < 4.78 is 7.33. The molecule has 0 amide bonds. The average Bonchev–Trinajstić information content (AvgIpc) is 3.35. The van der Waals surface area contributed by atoms with E-state index in [9.17, 15) is 0 Å². The first kappa shape index (κ1) is 14.8. The molecule has 4 rings (SSSR count). The van der Waals surface area contributed by atoms with E-state index in [1.54, 1.807) is 34.6 Å². The molecule has 24 heavy (non-hydrogen) atoms. The van der Waals surface area contributed by atoms with Crippen LogP contribution >= 0.6 is 23.6 Å². The third kappa shape index (κ3) is 2.86. The fraction of sp³-hybridized carbons (Fsp3) is 0. The highest BCUT2D eigenvalue weighted by molar-refractivity contribution is 7.71. The molecule has 0 spiro atoms. The van der Waals surface area contributed by atoms with Crippen LogP contribution in [0.1, 0.15) is 4.88 Å². The van der Waals surface area contributed by atoms with Gasteiger partial charge in [0.15, 0.2) is 5.76 Å². The summed E-state index contributed by atoms with van der Waals surface area (Å²) in [6.07, 6.45) is 3.36. The molecule has 0 atom stereocenters. The Bertz CT molecular complexity index is 1030. The van der Waals surface area contributed by atoms with E-state index < -0.39 is 0 Å². The van der Waals surface area contributed by atoms with Crippen molar-refractivity contribution >= 4 is 29.8 Å². The lowest BCUT2D eigenvalue weighted by Crippen LogP contribution is -1.93. The molecule has 0 saturated heterocycles. The van der Waals surface area contributed by atoms with Crippen molar-refractivity contribution in [3.05, 3.63) is 70.5 Å². The van der Waals surface area contributed by atoms with E-state index in [0.717, 1.165) is 4.88 Å². The van der Waals surface area contributed by atoms with Crippen LogP contribution in [0, 0.1) is 4.77 Å². The molecular weight excluding hydrogens is 340 g/mol. The van der Waals surface area contributed by atoms with E-state index >= 15 is 0 Å². The predicted octanol–water partition coefficient (Wildman–Crippen LogP) is 4.81. The van der Waals surface area contributed by atoms with Crippen molar-refractivity contribution in [2.75, 3.05) is 0 Å². The zero-order chi connectivity index (χ0) is 16.4. The second kappa shape index (κ2) is 6.38. The van der Waals surface area contributed by atoms with E-state index in [-0.39, 0.29) is 0 Å². The zero-order valence-electron chi connectivity index (χ0n) is 12.4. The maximum atomic E-state index is 5.37. The number of H-pyrrole nitrogens is 1. The SMILES string of the molecule is S=c1[nH]nc(-c2ccco2)n1/N=C\c1ccc(-c2ccccc2)s1. The lowest BCUT2D eigenvalue weighted by Gasteiger charge is -1.96. The topological polar surface area (TPSA) is 59.1 Å². The van der Waals surface area contributed by atoms with Crippen LogP contribution in [0.2, 0.25) is 0 Å². The number of rotatable bonds is 4. The molecule has 0 unspecified atom stereocenters. The monoisotopic (exact) mass is 352 g/mol. The maximum absolute atomic E-state index is 5.37. The summed E-state index contributed by atoms with van der Waals surface area (Å²) >= 11 is 6.90. The Morgan fingerprint density at radius 2 is 2.00 bits per heavy atom. The molecule has 4 aromatic rings. The van der Waals surface area contributed by atoms with Crippen molar-refractivity contribution in [1.29, 1.82) is 0 Å². The molecule has 1 aromatic carbocycles. The summed E-state index contributed by atoms with van der Waals surface area (Å²) in [6, 6.07) is 18.0. The van der Waals surface area contributed by atoms with Crippen LogP contribution in [-0.2, 0) is 0 Å². The second-order valence-corrected chi connectivity index (χ2v) is 6.46. The zero-order valence-corrected chi connectivity index (χ0v) is 14.1. The van der Waals surface area contributed by atoms with Crippen LogP contribution in [0.3, 0.4) is 0 Å². The Kier molecular flexibility index (Phi) is 3.94. The van der Waals surface area contributed by atoms with E-state index in [1.807, 2.05) is 30.3 Å². The number of thiophene rings is 1. The quantitative estimate of drug-likeness (QED) is 0.423. The molecule has 118 valence electrons. The molecule has 0 aliphatic heterocycles. The summed E-state index contributed by atoms with van der Waals surface area (Å²) in [5.41, 5.74) is 1.19. The number of hydrogen-bond acceptors (Lipinski definition) is 5.